The minimum atomic E-state index is -0.360. The predicted octanol–water partition coefficient (Wildman–Crippen LogP) is 3.58. The highest BCUT2D eigenvalue weighted by Crippen LogP contribution is 2.25. The van der Waals surface area contributed by atoms with Crippen LogP contribution in [0.1, 0.15) is 38.3 Å². The van der Waals surface area contributed by atoms with Crippen molar-refractivity contribution in [3.8, 4) is 0 Å². The van der Waals surface area contributed by atoms with Crippen LogP contribution in [0.2, 0.25) is 5.02 Å². The van der Waals surface area contributed by atoms with E-state index in [-0.39, 0.29) is 30.7 Å². The van der Waals surface area contributed by atoms with Crippen molar-refractivity contribution in [2.45, 2.75) is 20.3 Å². The Morgan fingerprint density at radius 2 is 1.64 bits per heavy atom. The summed E-state index contributed by atoms with van der Waals surface area (Å²) in [6, 6.07) is 10.5. The van der Waals surface area contributed by atoms with Crippen molar-refractivity contribution in [1.82, 2.24) is 4.90 Å². The summed E-state index contributed by atoms with van der Waals surface area (Å²) in [7, 11) is 0. The molecule has 0 saturated heterocycles. The van der Waals surface area contributed by atoms with E-state index in [1.54, 1.807) is 30.3 Å². The number of aryl methyl sites for hydroxylation is 2. The van der Waals surface area contributed by atoms with Crippen molar-refractivity contribution in [2.75, 3.05) is 11.9 Å². The molecule has 0 bridgehead atoms. The molecule has 1 N–H and O–H groups in total. The Morgan fingerprint density at radius 1 is 1.00 bits per heavy atom. The molecule has 0 aromatic heterocycles. The van der Waals surface area contributed by atoms with Crippen LogP contribution >= 0.6 is 11.6 Å². The topological polar surface area (TPSA) is 66.5 Å². The van der Waals surface area contributed by atoms with Gasteiger partial charge in [0.1, 0.15) is 0 Å². The molecule has 128 valence electrons. The lowest BCUT2D eigenvalue weighted by Crippen LogP contribution is -2.32. The van der Waals surface area contributed by atoms with Crippen LogP contribution in [0.15, 0.2) is 36.4 Å². The number of amides is 3. The van der Waals surface area contributed by atoms with E-state index < -0.39 is 0 Å². The van der Waals surface area contributed by atoms with Crippen molar-refractivity contribution >= 4 is 35.0 Å². The van der Waals surface area contributed by atoms with Crippen LogP contribution in [-0.4, -0.2) is 29.2 Å². The van der Waals surface area contributed by atoms with Crippen LogP contribution in [0, 0.1) is 13.8 Å². The second-order valence-corrected chi connectivity index (χ2v) is 6.50. The summed E-state index contributed by atoms with van der Waals surface area (Å²) in [4.78, 5) is 37.9. The Labute approximate surface area is 150 Å². The highest BCUT2D eigenvalue weighted by molar-refractivity contribution is 6.33. The molecular formula is C19H17ClN2O3. The number of halogens is 1. The first-order valence-electron chi connectivity index (χ1n) is 7.89. The van der Waals surface area contributed by atoms with Gasteiger partial charge in [-0.3, -0.25) is 19.3 Å². The van der Waals surface area contributed by atoms with E-state index in [0.717, 1.165) is 16.0 Å². The molecular weight excluding hydrogens is 340 g/mol. The molecule has 1 aliphatic heterocycles. The van der Waals surface area contributed by atoms with E-state index in [0.29, 0.717) is 21.8 Å². The van der Waals surface area contributed by atoms with Crippen molar-refractivity contribution in [3.05, 3.63) is 63.7 Å². The fourth-order valence-corrected chi connectivity index (χ4v) is 3.04. The summed E-state index contributed by atoms with van der Waals surface area (Å²) in [6.45, 7) is 3.79. The van der Waals surface area contributed by atoms with Crippen LogP contribution < -0.4 is 5.32 Å². The number of carbonyl (C=O) groups excluding carboxylic acids is 3. The molecule has 1 aliphatic rings. The number of hydrogen-bond donors (Lipinski definition) is 1. The Hall–Kier alpha value is -2.66. The molecule has 25 heavy (non-hydrogen) atoms. The molecule has 0 saturated carbocycles. The van der Waals surface area contributed by atoms with Gasteiger partial charge in [0.05, 0.1) is 21.8 Å². The highest BCUT2D eigenvalue weighted by Gasteiger charge is 2.35. The summed E-state index contributed by atoms with van der Waals surface area (Å²) in [5.41, 5.74) is 3.19. The van der Waals surface area contributed by atoms with Crippen LogP contribution in [0.4, 0.5) is 5.69 Å². The van der Waals surface area contributed by atoms with Gasteiger partial charge in [0.25, 0.3) is 11.8 Å². The minimum Gasteiger partial charge on any atom is -0.325 e. The van der Waals surface area contributed by atoms with Gasteiger partial charge in [-0.15, -0.1) is 0 Å². The second kappa shape index (κ2) is 6.69. The van der Waals surface area contributed by atoms with E-state index in [1.807, 2.05) is 19.9 Å². The van der Waals surface area contributed by atoms with E-state index in [9.17, 15) is 14.4 Å². The normalized spacial score (nSPS) is 13.2. The van der Waals surface area contributed by atoms with E-state index in [1.165, 1.54) is 0 Å². The molecule has 0 fully saturated rings. The smallest absolute Gasteiger partial charge is 0.261 e. The Morgan fingerprint density at radius 3 is 2.36 bits per heavy atom. The van der Waals surface area contributed by atoms with Crippen molar-refractivity contribution in [3.63, 3.8) is 0 Å². The lowest BCUT2D eigenvalue weighted by atomic mass is 10.1. The summed E-state index contributed by atoms with van der Waals surface area (Å²) in [5, 5.41) is 3.15. The third-order valence-electron chi connectivity index (χ3n) is 4.09. The summed E-state index contributed by atoms with van der Waals surface area (Å²) >= 11 is 6.09. The number of nitrogens with one attached hydrogen (secondary N) is 1. The maximum absolute atomic E-state index is 12.4. The van der Waals surface area contributed by atoms with Crippen LogP contribution in [-0.2, 0) is 4.79 Å². The zero-order chi connectivity index (χ0) is 18.1. The predicted molar refractivity (Wildman–Crippen MR) is 96.0 cm³/mol. The SMILES string of the molecule is Cc1ccc(NC(=O)CCN2C(=O)c3ccc(C)cc3C2=O)c(Cl)c1. The minimum absolute atomic E-state index is 0.00859. The summed E-state index contributed by atoms with van der Waals surface area (Å²) in [6.07, 6.45) is 0.00859. The zero-order valence-corrected chi connectivity index (χ0v) is 14.7. The molecule has 6 heteroatoms. The fourth-order valence-electron chi connectivity index (χ4n) is 2.76. The number of hydrogen-bond acceptors (Lipinski definition) is 3. The lowest BCUT2D eigenvalue weighted by Gasteiger charge is -2.14. The van der Waals surface area contributed by atoms with Gasteiger partial charge >= 0.3 is 0 Å². The maximum Gasteiger partial charge on any atom is 0.261 e. The first kappa shape index (κ1) is 17.2. The lowest BCUT2D eigenvalue weighted by molar-refractivity contribution is -0.116. The van der Waals surface area contributed by atoms with Gasteiger partial charge in [-0.1, -0.05) is 29.3 Å². The molecule has 2 aromatic carbocycles. The van der Waals surface area contributed by atoms with Crippen LogP contribution in [0.25, 0.3) is 0 Å². The average Bonchev–Trinajstić information content (AvgIpc) is 2.79. The summed E-state index contributed by atoms with van der Waals surface area (Å²) in [5.74, 6) is -1.02. The van der Waals surface area contributed by atoms with E-state index >= 15 is 0 Å². The molecule has 0 radical (unpaired) electrons. The monoisotopic (exact) mass is 356 g/mol. The van der Waals surface area contributed by atoms with E-state index in [2.05, 4.69) is 5.32 Å². The number of anilines is 1. The first-order valence-corrected chi connectivity index (χ1v) is 8.27. The average molecular weight is 357 g/mol. The van der Waals surface area contributed by atoms with Gasteiger partial charge in [-0.2, -0.15) is 0 Å². The van der Waals surface area contributed by atoms with E-state index in [4.69, 9.17) is 11.6 Å². The summed E-state index contributed by atoms with van der Waals surface area (Å²) < 4.78 is 0. The Kier molecular flexibility index (Phi) is 4.59. The first-order chi connectivity index (χ1) is 11.9. The number of imide groups is 1. The quantitative estimate of drug-likeness (QED) is 0.851. The Balaban J connectivity index is 1.65. The standard InChI is InChI=1S/C19H17ClN2O3/c1-11-3-5-13-14(9-11)19(25)22(18(13)24)8-7-17(23)21-16-6-4-12(2)10-15(16)20/h3-6,9-10H,7-8H2,1-2H3,(H,21,23). The highest BCUT2D eigenvalue weighted by atomic mass is 35.5. The number of carbonyl (C=O) groups is 3. The van der Waals surface area contributed by atoms with Crippen molar-refractivity contribution in [1.29, 1.82) is 0 Å². The Bertz CT molecular complexity index is 892. The van der Waals surface area contributed by atoms with Gasteiger partial charge in [-0.05, 0) is 43.7 Å². The molecule has 0 unspecified atom stereocenters. The molecule has 0 atom stereocenters. The van der Waals surface area contributed by atoms with Crippen molar-refractivity contribution in [2.24, 2.45) is 0 Å². The van der Waals surface area contributed by atoms with Gasteiger partial charge in [0, 0.05) is 13.0 Å². The fraction of sp³-hybridized carbons (Fsp3) is 0.211. The number of benzene rings is 2. The van der Waals surface area contributed by atoms with Crippen LogP contribution in [0.5, 0.6) is 0 Å². The second-order valence-electron chi connectivity index (χ2n) is 6.09. The molecule has 2 aromatic rings. The van der Waals surface area contributed by atoms with Crippen LogP contribution in [0.3, 0.4) is 0 Å². The maximum atomic E-state index is 12.4. The number of fused-ring (bicyclic) bond motifs is 1. The third kappa shape index (κ3) is 3.42. The van der Waals surface area contributed by atoms with Gasteiger partial charge in [0.15, 0.2) is 0 Å². The molecule has 1 heterocycles. The number of nitrogens with zero attached hydrogens (tertiary/aromatic N) is 1. The molecule has 5 nitrogen and oxygen atoms in total. The van der Waals surface area contributed by atoms with Gasteiger partial charge in [0.2, 0.25) is 5.91 Å². The molecule has 0 spiro atoms. The largest absolute Gasteiger partial charge is 0.325 e. The molecule has 3 amide bonds. The third-order valence-corrected chi connectivity index (χ3v) is 4.40. The van der Waals surface area contributed by atoms with Gasteiger partial charge < -0.3 is 5.32 Å². The molecule has 3 rings (SSSR count). The molecule has 0 aliphatic carbocycles. The zero-order valence-electron chi connectivity index (χ0n) is 13.9. The van der Waals surface area contributed by atoms with Crippen molar-refractivity contribution < 1.29 is 14.4 Å². The number of rotatable bonds is 4. The van der Waals surface area contributed by atoms with Gasteiger partial charge in [-0.25, -0.2) is 0 Å².